The standard InChI is InChI=1S/C23H25NO6/c1-6-30-23(27)19-13(2)11-16-20(14(19)3)22(26)24(21(16)25)10-9-15-7-8-17(28-4)18(12-15)29-5/h7-8,11-12H,6,9-10H2,1-5H3. The first-order chi connectivity index (χ1) is 14.3. The third-order valence-corrected chi connectivity index (χ3v) is 5.26. The Morgan fingerprint density at radius 1 is 1.00 bits per heavy atom. The monoisotopic (exact) mass is 411 g/mol. The third kappa shape index (κ3) is 3.63. The summed E-state index contributed by atoms with van der Waals surface area (Å²) in [5, 5.41) is 0. The molecule has 0 N–H and O–H groups in total. The van der Waals surface area contributed by atoms with Crippen molar-refractivity contribution >= 4 is 17.8 Å². The number of methoxy groups -OCH3 is 2. The molecule has 0 fully saturated rings. The van der Waals surface area contributed by atoms with E-state index in [2.05, 4.69) is 0 Å². The van der Waals surface area contributed by atoms with Crippen LogP contribution in [0.5, 0.6) is 11.5 Å². The van der Waals surface area contributed by atoms with Gasteiger partial charge in [-0.3, -0.25) is 14.5 Å². The number of ether oxygens (including phenoxy) is 3. The van der Waals surface area contributed by atoms with E-state index in [1.54, 1.807) is 47.1 Å². The molecule has 158 valence electrons. The third-order valence-electron chi connectivity index (χ3n) is 5.26. The van der Waals surface area contributed by atoms with Gasteiger partial charge in [-0.25, -0.2) is 4.79 Å². The molecule has 7 nitrogen and oxygen atoms in total. The number of carbonyl (C=O) groups is 3. The lowest BCUT2D eigenvalue weighted by molar-refractivity contribution is 0.0524. The molecule has 1 aliphatic heterocycles. The average molecular weight is 411 g/mol. The Labute approximate surface area is 175 Å². The first-order valence-electron chi connectivity index (χ1n) is 9.72. The van der Waals surface area contributed by atoms with Crippen LogP contribution in [0.1, 0.15) is 54.7 Å². The van der Waals surface area contributed by atoms with Crippen LogP contribution in [0.15, 0.2) is 24.3 Å². The molecule has 1 heterocycles. The number of esters is 1. The molecule has 0 saturated carbocycles. The highest BCUT2D eigenvalue weighted by Gasteiger charge is 2.38. The van der Waals surface area contributed by atoms with Crippen molar-refractivity contribution in [3.05, 3.63) is 57.6 Å². The summed E-state index contributed by atoms with van der Waals surface area (Å²) in [6.45, 7) is 5.60. The maximum absolute atomic E-state index is 13.0. The number of nitrogens with zero attached hydrogens (tertiary/aromatic N) is 1. The molecule has 0 aliphatic carbocycles. The number of carbonyl (C=O) groups excluding carboxylic acids is 3. The van der Waals surface area contributed by atoms with E-state index in [0.717, 1.165) is 5.56 Å². The van der Waals surface area contributed by atoms with Crippen LogP contribution >= 0.6 is 0 Å². The summed E-state index contributed by atoms with van der Waals surface area (Å²) in [4.78, 5) is 39.5. The van der Waals surface area contributed by atoms with E-state index in [4.69, 9.17) is 14.2 Å². The lowest BCUT2D eigenvalue weighted by Gasteiger charge is -2.15. The van der Waals surface area contributed by atoms with Gasteiger partial charge < -0.3 is 14.2 Å². The number of hydrogen-bond donors (Lipinski definition) is 0. The molecule has 0 radical (unpaired) electrons. The number of rotatable bonds is 7. The molecule has 0 bridgehead atoms. The summed E-state index contributed by atoms with van der Waals surface area (Å²) in [5.41, 5.74) is 2.96. The molecule has 0 aromatic heterocycles. The van der Waals surface area contributed by atoms with Crippen molar-refractivity contribution in [2.24, 2.45) is 0 Å². The van der Waals surface area contributed by atoms with Crippen molar-refractivity contribution in [2.45, 2.75) is 27.2 Å². The van der Waals surface area contributed by atoms with Crippen LogP contribution in [0.4, 0.5) is 0 Å². The van der Waals surface area contributed by atoms with Gasteiger partial charge in [0, 0.05) is 6.54 Å². The van der Waals surface area contributed by atoms with Gasteiger partial charge in [0.1, 0.15) is 0 Å². The van der Waals surface area contributed by atoms with Gasteiger partial charge in [-0.1, -0.05) is 6.07 Å². The first kappa shape index (κ1) is 21.4. The van der Waals surface area contributed by atoms with Crippen LogP contribution in [-0.2, 0) is 11.2 Å². The number of fused-ring (bicyclic) bond motifs is 1. The molecule has 3 rings (SSSR count). The normalized spacial score (nSPS) is 12.8. The molecule has 2 amide bonds. The van der Waals surface area contributed by atoms with Crippen molar-refractivity contribution in [1.29, 1.82) is 0 Å². The zero-order chi connectivity index (χ0) is 22.0. The molecule has 2 aromatic rings. The zero-order valence-corrected chi connectivity index (χ0v) is 17.8. The van der Waals surface area contributed by atoms with Crippen LogP contribution in [0.25, 0.3) is 0 Å². The Bertz CT molecular complexity index is 1030. The average Bonchev–Trinajstić information content (AvgIpc) is 2.96. The fraction of sp³-hybridized carbons (Fsp3) is 0.348. The molecular formula is C23H25NO6. The van der Waals surface area contributed by atoms with Crippen LogP contribution in [0, 0.1) is 13.8 Å². The smallest absolute Gasteiger partial charge is 0.338 e. The van der Waals surface area contributed by atoms with Gasteiger partial charge >= 0.3 is 5.97 Å². The number of amides is 2. The Kier molecular flexibility index (Phi) is 6.10. The van der Waals surface area contributed by atoms with Gasteiger partial charge in [-0.15, -0.1) is 0 Å². The predicted octanol–water partition coefficient (Wildman–Crippen LogP) is 3.34. The van der Waals surface area contributed by atoms with Crippen molar-refractivity contribution in [1.82, 2.24) is 4.90 Å². The molecule has 30 heavy (non-hydrogen) atoms. The molecule has 1 aliphatic rings. The Morgan fingerprint density at radius 3 is 2.33 bits per heavy atom. The van der Waals surface area contributed by atoms with E-state index in [0.29, 0.717) is 40.2 Å². The molecule has 0 atom stereocenters. The van der Waals surface area contributed by atoms with E-state index >= 15 is 0 Å². The van der Waals surface area contributed by atoms with E-state index in [-0.39, 0.29) is 24.6 Å². The minimum absolute atomic E-state index is 0.217. The summed E-state index contributed by atoms with van der Waals surface area (Å²) in [5.74, 6) is -0.0302. The molecule has 2 aromatic carbocycles. The van der Waals surface area contributed by atoms with Crippen molar-refractivity contribution in [3.63, 3.8) is 0 Å². The Hall–Kier alpha value is -3.35. The highest BCUT2D eigenvalue weighted by atomic mass is 16.5. The fourth-order valence-corrected chi connectivity index (χ4v) is 3.80. The largest absolute Gasteiger partial charge is 0.493 e. The van der Waals surface area contributed by atoms with E-state index in [9.17, 15) is 14.4 Å². The van der Waals surface area contributed by atoms with Gasteiger partial charge in [0.05, 0.1) is 37.5 Å². The number of aryl methyl sites for hydroxylation is 1. The highest BCUT2D eigenvalue weighted by molar-refractivity contribution is 6.23. The van der Waals surface area contributed by atoms with E-state index in [1.165, 1.54) is 4.90 Å². The summed E-state index contributed by atoms with van der Waals surface area (Å²) in [6, 6.07) is 7.08. The second-order valence-corrected chi connectivity index (χ2v) is 7.04. The molecule has 7 heteroatoms. The number of imide groups is 1. The van der Waals surface area contributed by atoms with Crippen LogP contribution in [-0.4, -0.2) is 50.1 Å². The summed E-state index contributed by atoms with van der Waals surface area (Å²) in [7, 11) is 3.11. The minimum atomic E-state index is -0.487. The Balaban J connectivity index is 1.87. The Morgan fingerprint density at radius 2 is 1.70 bits per heavy atom. The lowest BCUT2D eigenvalue weighted by Crippen LogP contribution is -2.31. The van der Waals surface area contributed by atoms with Crippen LogP contribution in [0.2, 0.25) is 0 Å². The maximum atomic E-state index is 13.0. The van der Waals surface area contributed by atoms with Crippen LogP contribution < -0.4 is 9.47 Å². The topological polar surface area (TPSA) is 82.1 Å². The summed E-state index contributed by atoms with van der Waals surface area (Å²) < 4.78 is 15.7. The van der Waals surface area contributed by atoms with Crippen molar-refractivity contribution < 1.29 is 28.6 Å². The second kappa shape index (κ2) is 8.57. The van der Waals surface area contributed by atoms with Gasteiger partial charge in [-0.05, 0) is 62.1 Å². The van der Waals surface area contributed by atoms with Crippen LogP contribution in [0.3, 0.4) is 0 Å². The van der Waals surface area contributed by atoms with E-state index in [1.807, 2.05) is 12.1 Å². The van der Waals surface area contributed by atoms with Crippen molar-refractivity contribution in [2.75, 3.05) is 27.4 Å². The predicted molar refractivity (Wildman–Crippen MR) is 110 cm³/mol. The SMILES string of the molecule is CCOC(=O)c1c(C)cc2c(c1C)C(=O)N(CCc1ccc(OC)c(OC)c1)C2=O. The lowest BCUT2D eigenvalue weighted by atomic mass is 9.94. The zero-order valence-electron chi connectivity index (χ0n) is 17.8. The van der Waals surface area contributed by atoms with Gasteiger partial charge in [0.2, 0.25) is 0 Å². The van der Waals surface area contributed by atoms with Gasteiger partial charge in [0.25, 0.3) is 11.8 Å². The quantitative estimate of drug-likeness (QED) is 0.513. The molecule has 0 saturated heterocycles. The molecule has 0 spiro atoms. The maximum Gasteiger partial charge on any atom is 0.338 e. The minimum Gasteiger partial charge on any atom is -0.493 e. The fourth-order valence-electron chi connectivity index (χ4n) is 3.80. The van der Waals surface area contributed by atoms with E-state index < -0.39 is 11.9 Å². The highest BCUT2D eigenvalue weighted by Crippen LogP contribution is 2.32. The number of hydrogen-bond acceptors (Lipinski definition) is 6. The summed E-state index contributed by atoms with van der Waals surface area (Å²) in [6.07, 6.45) is 0.467. The second-order valence-electron chi connectivity index (χ2n) is 7.04. The summed E-state index contributed by atoms with van der Waals surface area (Å²) >= 11 is 0. The van der Waals surface area contributed by atoms with Gasteiger partial charge in [0.15, 0.2) is 11.5 Å². The first-order valence-corrected chi connectivity index (χ1v) is 9.72. The van der Waals surface area contributed by atoms with Gasteiger partial charge in [-0.2, -0.15) is 0 Å². The molecular weight excluding hydrogens is 386 g/mol. The van der Waals surface area contributed by atoms with Crippen molar-refractivity contribution in [3.8, 4) is 11.5 Å². The number of benzene rings is 2. The molecule has 0 unspecified atom stereocenters.